The second kappa shape index (κ2) is 4.91. The van der Waals surface area contributed by atoms with Crippen LogP contribution in [-0.2, 0) is 0 Å². The monoisotopic (exact) mass is 280 g/mol. The second-order valence-corrected chi connectivity index (χ2v) is 8.40. The van der Waals surface area contributed by atoms with E-state index in [1.165, 1.54) is 9.94 Å². The van der Waals surface area contributed by atoms with Crippen LogP contribution in [0.25, 0.3) is 0 Å². The molecule has 0 amide bonds. The lowest BCUT2D eigenvalue weighted by Gasteiger charge is -2.31. The summed E-state index contributed by atoms with van der Waals surface area (Å²) in [6.45, 7) is 8.56. The lowest BCUT2D eigenvalue weighted by molar-refractivity contribution is 0.592. The molecular formula is C14H20N2S2. The van der Waals surface area contributed by atoms with Crippen LogP contribution in [0.4, 0.5) is 5.69 Å². The number of hydrogen-bond donors (Lipinski definition) is 1. The number of para-hydroxylation sites is 1. The Morgan fingerprint density at radius 3 is 2.67 bits per heavy atom. The average Bonchev–Trinajstić information content (AvgIpc) is 2.24. The second-order valence-electron chi connectivity index (χ2n) is 5.77. The molecule has 1 heterocycles. The summed E-state index contributed by atoms with van der Waals surface area (Å²) in [6.07, 6.45) is 0. The molecule has 0 atom stereocenters. The first-order valence-corrected chi connectivity index (χ1v) is 7.87. The van der Waals surface area contributed by atoms with Crippen molar-refractivity contribution in [2.24, 2.45) is 10.7 Å². The molecule has 0 saturated heterocycles. The highest BCUT2D eigenvalue weighted by molar-refractivity contribution is 8.16. The van der Waals surface area contributed by atoms with Gasteiger partial charge in [0.15, 0.2) is 0 Å². The van der Waals surface area contributed by atoms with E-state index in [9.17, 15) is 0 Å². The average molecular weight is 280 g/mol. The van der Waals surface area contributed by atoms with Crippen LogP contribution in [0.2, 0.25) is 0 Å². The molecule has 1 aromatic carbocycles. The number of rotatable bonds is 2. The fourth-order valence-corrected chi connectivity index (χ4v) is 4.03. The minimum Gasteiger partial charge on any atom is -0.325 e. The lowest BCUT2D eigenvalue weighted by atomic mass is 10.1. The van der Waals surface area contributed by atoms with E-state index in [1.54, 1.807) is 11.8 Å². The highest BCUT2D eigenvalue weighted by Crippen LogP contribution is 2.46. The van der Waals surface area contributed by atoms with Crippen LogP contribution < -0.4 is 5.73 Å². The standard InChI is InChI=1S/C14H20N2S2/c1-13(2,15)9-17-12-14(3,4)18-11-8-6-5-7-10(11)16-12/h5-8H,9,15H2,1-4H3. The molecule has 0 spiro atoms. The van der Waals surface area contributed by atoms with Crippen molar-refractivity contribution in [1.29, 1.82) is 0 Å². The quantitative estimate of drug-likeness (QED) is 0.887. The highest BCUT2D eigenvalue weighted by Gasteiger charge is 2.32. The predicted octanol–water partition coefficient (Wildman–Crippen LogP) is 4.07. The largest absolute Gasteiger partial charge is 0.325 e. The third-order valence-electron chi connectivity index (χ3n) is 2.55. The van der Waals surface area contributed by atoms with E-state index in [-0.39, 0.29) is 10.3 Å². The molecule has 0 unspecified atom stereocenters. The van der Waals surface area contributed by atoms with E-state index in [0.717, 1.165) is 11.4 Å². The van der Waals surface area contributed by atoms with Gasteiger partial charge in [0, 0.05) is 16.2 Å². The van der Waals surface area contributed by atoms with Crippen molar-refractivity contribution in [2.75, 3.05) is 5.75 Å². The van der Waals surface area contributed by atoms with E-state index < -0.39 is 0 Å². The molecule has 0 aromatic heterocycles. The van der Waals surface area contributed by atoms with Crippen LogP contribution in [0.5, 0.6) is 0 Å². The maximum Gasteiger partial charge on any atom is 0.0899 e. The maximum atomic E-state index is 6.05. The number of nitrogens with two attached hydrogens (primary N) is 1. The van der Waals surface area contributed by atoms with Gasteiger partial charge in [0.25, 0.3) is 0 Å². The minimum atomic E-state index is -0.162. The number of fused-ring (bicyclic) bond motifs is 1. The van der Waals surface area contributed by atoms with Gasteiger partial charge in [-0.25, -0.2) is 4.99 Å². The molecule has 18 heavy (non-hydrogen) atoms. The molecule has 0 fully saturated rings. The zero-order valence-electron chi connectivity index (χ0n) is 11.4. The van der Waals surface area contributed by atoms with Crippen molar-refractivity contribution in [3.8, 4) is 0 Å². The number of nitrogens with zero attached hydrogens (tertiary/aromatic N) is 1. The molecule has 1 aromatic rings. The van der Waals surface area contributed by atoms with Gasteiger partial charge in [-0.1, -0.05) is 12.1 Å². The molecule has 0 radical (unpaired) electrons. The van der Waals surface area contributed by atoms with Gasteiger partial charge in [-0.15, -0.1) is 23.5 Å². The first kappa shape index (κ1) is 14.0. The molecule has 98 valence electrons. The molecule has 4 heteroatoms. The van der Waals surface area contributed by atoms with Crippen molar-refractivity contribution in [3.63, 3.8) is 0 Å². The van der Waals surface area contributed by atoms with Crippen molar-refractivity contribution >= 4 is 34.3 Å². The van der Waals surface area contributed by atoms with Gasteiger partial charge in [-0.3, -0.25) is 0 Å². The van der Waals surface area contributed by atoms with E-state index >= 15 is 0 Å². The SMILES string of the molecule is CC(C)(N)CSC1=Nc2ccccc2SC1(C)C. The van der Waals surface area contributed by atoms with Gasteiger partial charge in [-0.05, 0) is 39.8 Å². The Bertz CT molecular complexity index is 473. The summed E-state index contributed by atoms with van der Waals surface area (Å²) in [5, 5.41) is 1.17. The Labute approximate surface area is 118 Å². The van der Waals surface area contributed by atoms with Crippen LogP contribution >= 0.6 is 23.5 Å². The fraction of sp³-hybridized carbons (Fsp3) is 0.500. The molecule has 2 nitrogen and oxygen atoms in total. The first-order valence-electron chi connectivity index (χ1n) is 6.07. The lowest BCUT2D eigenvalue weighted by Crippen LogP contribution is -2.37. The number of thioether (sulfide) groups is 2. The summed E-state index contributed by atoms with van der Waals surface area (Å²) in [6, 6.07) is 8.32. The van der Waals surface area contributed by atoms with E-state index in [0.29, 0.717) is 0 Å². The van der Waals surface area contributed by atoms with Gasteiger partial charge >= 0.3 is 0 Å². The van der Waals surface area contributed by atoms with Crippen molar-refractivity contribution < 1.29 is 0 Å². The molecule has 0 bridgehead atoms. The van der Waals surface area contributed by atoms with Crippen LogP contribution in [0.3, 0.4) is 0 Å². The maximum absolute atomic E-state index is 6.05. The normalized spacial score (nSPS) is 18.2. The molecule has 1 aliphatic heterocycles. The highest BCUT2D eigenvalue weighted by atomic mass is 32.2. The van der Waals surface area contributed by atoms with E-state index in [4.69, 9.17) is 10.7 Å². The Kier molecular flexibility index (Phi) is 3.81. The minimum absolute atomic E-state index is 0.0320. The molecule has 2 N–H and O–H groups in total. The summed E-state index contributed by atoms with van der Waals surface area (Å²) >= 11 is 3.66. The topological polar surface area (TPSA) is 38.4 Å². The molecule has 0 aliphatic carbocycles. The van der Waals surface area contributed by atoms with Crippen LogP contribution in [0.1, 0.15) is 27.7 Å². The van der Waals surface area contributed by atoms with E-state index in [1.807, 2.05) is 17.8 Å². The van der Waals surface area contributed by atoms with Gasteiger partial charge < -0.3 is 5.73 Å². The van der Waals surface area contributed by atoms with Gasteiger partial charge in [0.05, 0.1) is 15.5 Å². The zero-order valence-corrected chi connectivity index (χ0v) is 13.0. The molecular weight excluding hydrogens is 260 g/mol. The molecule has 0 saturated carbocycles. The van der Waals surface area contributed by atoms with Gasteiger partial charge in [0.1, 0.15) is 0 Å². The summed E-state index contributed by atoms with van der Waals surface area (Å²) in [7, 11) is 0. The Balaban J connectivity index is 2.25. The summed E-state index contributed by atoms with van der Waals surface area (Å²) in [5.74, 6) is 0.887. The van der Waals surface area contributed by atoms with Gasteiger partial charge in [0.2, 0.25) is 0 Å². The third kappa shape index (κ3) is 3.31. The number of benzene rings is 1. The summed E-state index contributed by atoms with van der Waals surface area (Å²) in [5.41, 5.74) is 6.97. The zero-order chi connectivity index (χ0) is 13.4. The van der Waals surface area contributed by atoms with Gasteiger partial charge in [-0.2, -0.15) is 0 Å². The molecule has 2 rings (SSSR count). The van der Waals surface area contributed by atoms with Crippen molar-refractivity contribution in [1.82, 2.24) is 0 Å². The summed E-state index contributed by atoms with van der Waals surface area (Å²) in [4.78, 5) is 6.07. The third-order valence-corrected chi connectivity index (χ3v) is 5.71. The Hall–Kier alpha value is -0.450. The van der Waals surface area contributed by atoms with Crippen LogP contribution in [0.15, 0.2) is 34.2 Å². The predicted molar refractivity (Wildman–Crippen MR) is 84.2 cm³/mol. The Morgan fingerprint density at radius 2 is 2.00 bits per heavy atom. The van der Waals surface area contributed by atoms with Crippen LogP contribution in [0, 0.1) is 0 Å². The van der Waals surface area contributed by atoms with Crippen molar-refractivity contribution in [3.05, 3.63) is 24.3 Å². The fourth-order valence-electron chi connectivity index (χ4n) is 1.66. The number of hydrogen-bond acceptors (Lipinski definition) is 4. The number of aliphatic imine (C=N–C) groups is 1. The van der Waals surface area contributed by atoms with Crippen molar-refractivity contribution in [2.45, 2.75) is 42.9 Å². The summed E-state index contributed by atoms with van der Waals surface area (Å²) < 4.78 is 0.0320. The smallest absolute Gasteiger partial charge is 0.0899 e. The Morgan fingerprint density at radius 1 is 1.33 bits per heavy atom. The van der Waals surface area contributed by atoms with E-state index in [2.05, 4.69) is 45.9 Å². The van der Waals surface area contributed by atoms with Crippen LogP contribution in [-0.4, -0.2) is 21.1 Å². The first-order chi connectivity index (χ1) is 8.28. The molecule has 1 aliphatic rings.